The Morgan fingerprint density at radius 2 is 1.93 bits per heavy atom. The molecule has 0 radical (unpaired) electrons. The van der Waals surface area contributed by atoms with E-state index in [-0.39, 0.29) is 18.6 Å². The third-order valence-corrected chi connectivity index (χ3v) is 4.39. The molecule has 1 fully saturated rings. The molecule has 0 aliphatic carbocycles. The lowest BCUT2D eigenvalue weighted by molar-refractivity contribution is -0.191. The first-order chi connectivity index (χ1) is 6.22. The van der Waals surface area contributed by atoms with Crippen molar-refractivity contribution in [1.82, 2.24) is 5.32 Å². The summed E-state index contributed by atoms with van der Waals surface area (Å²) in [5.74, 6) is -0.994. The number of rotatable bonds is 1. The first-order valence-electron chi connectivity index (χ1n) is 4.18. The van der Waals surface area contributed by atoms with Crippen molar-refractivity contribution in [3.63, 3.8) is 0 Å². The summed E-state index contributed by atoms with van der Waals surface area (Å²) in [5, 5.41) is 2.11. The molecule has 84 valence electrons. The lowest BCUT2D eigenvalue weighted by Gasteiger charge is -2.38. The predicted octanol–water partition coefficient (Wildman–Crippen LogP) is 0.716. The van der Waals surface area contributed by atoms with Crippen LogP contribution in [0.1, 0.15) is 12.8 Å². The van der Waals surface area contributed by atoms with E-state index in [4.69, 9.17) is 0 Å². The van der Waals surface area contributed by atoms with E-state index in [9.17, 15) is 21.6 Å². The van der Waals surface area contributed by atoms with Crippen molar-refractivity contribution >= 4 is 9.84 Å². The summed E-state index contributed by atoms with van der Waals surface area (Å²) in [7, 11) is -2.42. The number of halogens is 3. The lowest BCUT2D eigenvalue weighted by Crippen LogP contribution is -2.61. The van der Waals surface area contributed by atoms with Crippen LogP contribution in [0.15, 0.2) is 0 Å². The standard InChI is InChI=1S/C7H12F3NO2S/c1-11-6(7(8,9)10)3-2-4-14(12,13)5-6/h11H,2-5H2,1H3. The van der Waals surface area contributed by atoms with Gasteiger partial charge in [0.2, 0.25) is 0 Å². The topological polar surface area (TPSA) is 46.2 Å². The maximum Gasteiger partial charge on any atom is 0.407 e. The first kappa shape index (κ1) is 11.8. The molecule has 7 heteroatoms. The van der Waals surface area contributed by atoms with E-state index in [0.29, 0.717) is 0 Å². The van der Waals surface area contributed by atoms with E-state index in [1.807, 2.05) is 0 Å². The summed E-state index contributed by atoms with van der Waals surface area (Å²) in [6, 6.07) is 0. The van der Waals surface area contributed by atoms with Gasteiger partial charge in [-0.15, -0.1) is 0 Å². The highest BCUT2D eigenvalue weighted by atomic mass is 32.2. The molecule has 1 atom stereocenters. The summed E-state index contributed by atoms with van der Waals surface area (Å²) in [5.41, 5.74) is -2.25. The normalized spacial score (nSPS) is 32.9. The van der Waals surface area contributed by atoms with Crippen molar-refractivity contribution in [2.24, 2.45) is 0 Å². The van der Waals surface area contributed by atoms with Gasteiger partial charge in [0, 0.05) is 0 Å². The average Bonchev–Trinajstić information content (AvgIpc) is 2.00. The minimum Gasteiger partial charge on any atom is -0.306 e. The number of hydrogen-bond acceptors (Lipinski definition) is 3. The molecular weight excluding hydrogens is 219 g/mol. The van der Waals surface area contributed by atoms with Gasteiger partial charge in [-0.2, -0.15) is 13.2 Å². The highest BCUT2D eigenvalue weighted by Gasteiger charge is 2.57. The average molecular weight is 231 g/mol. The molecule has 1 aliphatic heterocycles. The van der Waals surface area contributed by atoms with E-state index in [0.717, 1.165) is 7.05 Å². The van der Waals surface area contributed by atoms with Crippen LogP contribution >= 0.6 is 0 Å². The van der Waals surface area contributed by atoms with Crippen LogP contribution < -0.4 is 5.32 Å². The molecule has 1 heterocycles. The van der Waals surface area contributed by atoms with Gasteiger partial charge in [-0.05, 0) is 19.9 Å². The van der Waals surface area contributed by atoms with E-state index in [1.54, 1.807) is 0 Å². The zero-order chi connectivity index (χ0) is 11.0. The van der Waals surface area contributed by atoms with E-state index >= 15 is 0 Å². The summed E-state index contributed by atoms with van der Waals surface area (Å²) in [6.45, 7) is 0. The quantitative estimate of drug-likeness (QED) is 0.723. The van der Waals surface area contributed by atoms with Crippen molar-refractivity contribution in [3.8, 4) is 0 Å². The second kappa shape index (κ2) is 3.37. The number of hydrogen-bond donors (Lipinski definition) is 1. The number of alkyl halides is 3. The van der Waals surface area contributed by atoms with Crippen LogP contribution in [-0.2, 0) is 9.84 Å². The highest BCUT2D eigenvalue weighted by molar-refractivity contribution is 7.91. The molecule has 0 amide bonds. The third kappa shape index (κ3) is 2.03. The number of sulfone groups is 1. The van der Waals surface area contributed by atoms with Crippen LogP contribution in [0.25, 0.3) is 0 Å². The molecule has 1 saturated heterocycles. The minimum atomic E-state index is -4.52. The third-order valence-electron chi connectivity index (χ3n) is 2.55. The van der Waals surface area contributed by atoms with E-state index in [1.165, 1.54) is 0 Å². The SMILES string of the molecule is CNC1(C(F)(F)F)CCCS(=O)(=O)C1. The molecule has 14 heavy (non-hydrogen) atoms. The Bertz CT molecular complexity index is 311. The fourth-order valence-electron chi connectivity index (χ4n) is 1.68. The van der Waals surface area contributed by atoms with E-state index in [2.05, 4.69) is 5.32 Å². The van der Waals surface area contributed by atoms with Gasteiger partial charge in [-0.25, -0.2) is 8.42 Å². The minimum absolute atomic E-state index is 0.0582. The van der Waals surface area contributed by atoms with Gasteiger partial charge in [-0.3, -0.25) is 0 Å². The van der Waals surface area contributed by atoms with Crippen molar-refractivity contribution in [2.75, 3.05) is 18.6 Å². The largest absolute Gasteiger partial charge is 0.407 e. The summed E-state index contributed by atoms with van der Waals surface area (Å²) >= 11 is 0. The van der Waals surface area contributed by atoms with Crippen LogP contribution in [-0.4, -0.2) is 38.7 Å². The molecule has 1 aliphatic rings. The van der Waals surface area contributed by atoms with Gasteiger partial charge >= 0.3 is 6.18 Å². The van der Waals surface area contributed by atoms with Crippen molar-refractivity contribution in [2.45, 2.75) is 24.6 Å². The maximum atomic E-state index is 12.6. The van der Waals surface area contributed by atoms with Crippen LogP contribution in [0.5, 0.6) is 0 Å². The molecule has 0 spiro atoms. The molecule has 1 unspecified atom stereocenters. The molecule has 0 saturated carbocycles. The summed E-state index contributed by atoms with van der Waals surface area (Å²) in [6.07, 6.45) is -4.63. The fraction of sp³-hybridized carbons (Fsp3) is 1.00. The Balaban J connectivity index is 3.02. The Morgan fingerprint density at radius 1 is 1.36 bits per heavy atom. The van der Waals surface area contributed by atoms with Crippen LogP contribution in [0.2, 0.25) is 0 Å². The number of nitrogens with one attached hydrogen (secondary N) is 1. The Labute approximate surface area is 80.6 Å². The molecule has 1 N–H and O–H groups in total. The molecule has 0 aromatic carbocycles. The summed E-state index contributed by atoms with van der Waals surface area (Å²) in [4.78, 5) is 0. The first-order valence-corrected chi connectivity index (χ1v) is 6.01. The van der Waals surface area contributed by atoms with Crippen LogP contribution in [0, 0.1) is 0 Å². The zero-order valence-corrected chi connectivity index (χ0v) is 8.50. The fourth-order valence-corrected chi connectivity index (χ4v) is 3.61. The predicted molar refractivity (Wildman–Crippen MR) is 45.7 cm³/mol. The van der Waals surface area contributed by atoms with Crippen LogP contribution in [0.3, 0.4) is 0 Å². The molecule has 0 aromatic rings. The zero-order valence-electron chi connectivity index (χ0n) is 7.69. The Hall–Kier alpha value is -0.300. The Morgan fingerprint density at radius 3 is 2.21 bits per heavy atom. The smallest absolute Gasteiger partial charge is 0.306 e. The second-order valence-corrected chi connectivity index (χ2v) is 5.71. The molecule has 1 rings (SSSR count). The summed E-state index contributed by atoms with van der Waals surface area (Å²) < 4.78 is 60.1. The highest BCUT2D eigenvalue weighted by Crippen LogP contribution is 2.37. The van der Waals surface area contributed by atoms with Gasteiger partial charge in [0.15, 0.2) is 9.84 Å². The van der Waals surface area contributed by atoms with Crippen LogP contribution in [0.4, 0.5) is 13.2 Å². The van der Waals surface area contributed by atoms with Gasteiger partial charge in [0.05, 0.1) is 11.5 Å². The van der Waals surface area contributed by atoms with Gasteiger partial charge in [0.25, 0.3) is 0 Å². The lowest BCUT2D eigenvalue weighted by atomic mass is 9.95. The monoisotopic (exact) mass is 231 g/mol. The van der Waals surface area contributed by atoms with Crippen molar-refractivity contribution in [3.05, 3.63) is 0 Å². The van der Waals surface area contributed by atoms with Gasteiger partial charge in [-0.1, -0.05) is 0 Å². The van der Waals surface area contributed by atoms with Crippen molar-refractivity contribution < 1.29 is 21.6 Å². The van der Waals surface area contributed by atoms with Crippen molar-refractivity contribution in [1.29, 1.82) is 0 Å². The van der Waals surface area contributed by atoms with Gasteiger partial charge in [0.1, 0.15) is 5.54 Å². The Kier molecular flexibility index (Phi) is 2.84. The molecule has 0 aromatic heterocycles. The molecular formula is C7H12F3NO2S. The molecule has 0 bridgehead atoms. The second-order valence-electron chi connectivity index (χ2n) is 3.53. The van der Waals surface area contributed by atoms with Gasteiger partial charge < -0.3 is 5.32 Å². The van der Waals surface area contributed by atoms with E-state index < -0.39 is 27.3 Å². The maximum absolute atomic E-state index is 12.6. The molecule has 3 nitrogen and oxygen atoms in total.